The Labute approximate surface area is 166 Å². The van der Waals surface area contributed by atoms with Gasteiger partial charge in [-0.3, -0.25) is 14.3 Å². The van der Waals surface area contributed by atoms with Gasteiger partial charge >= 0.3 is 0 Å². The van der Waals surface area contributed by atoms with E-state index in [0.29, 0.717) is 11.2 Å². The SMILES string of the molecule is Cc1nn(C)c2[nH]c(=O)c(CCC(=O)NC(C)Cc3c(F)cccc3F)c(C)c12. The van der Waals surface area contributed by atoms with Crippen LogP contribution in [0.25, 0.3) is 11.0 Å². The van der Waals surface area contributed by atoms with Crippen molar-refractivity contribution in [1.29, 1.82) is 0 Å². The molecule has 0 aliphatic carbocycles. The molecule has 2 heterocycles. The van der Waals surface area contributed by atoms with Gasteiger partial charge in [0, 0.05) is 36.0 Å². The maximum Gasteiger partial charge on any atom is 0.253 e. The molecule has 1 unspecified atom stereocenters. The van der Waals surface area contributed by atoms with Crippen molar-refractivity contribution in [3.05, 3.63) is 62.6 Å². The summed E-state index contributed by atoms with van der Waals surface area (Å²) in [5.74, 6) is -1.54. The summed E-state index contributed by atoms with van der Waals surface area (Å²) in [5.41, 5.74) is 2.51. The van der Waals surface area contributed by atoms with Crippen LogP contribution in [0, 0.1) is 25.5 Å². The zero-order valence-corrected chi connectivity index (χ0v) is 16.9. The minimum atomic E-state index is -0.631. The summed E-state index contributed by atoms with van der Waals surface area (Å²) in [4.78, 5) is 27.6. The molecule has 2 aromatic heterocycles. The van der Waals surface area contributed by atoms with Crippen molar-refractivity contribution in [2.45, 2.75) is 46.1 Å². The Kier molecular flexibility index (Phi) is 5.81. The highest BCUT2D eigenvalue weighted by Crippen LogP contribution is 2.21. The molecule has 6 nitrogen and oxygen atoms in total. The van der Waals surface area contributed by atoms with Crippen LogP contribution >= 0.6 is 0 Å². The highest BCUT2D eigenvalue weighted by Gasteiger charge is 2.17. The number of nitrogens with one attached hydrogen (secondary N) is 2. The maximum atomic E-state index is 13.8. The highest BCUT2D eigenvalue weighted by molar-refractivity contribution is 5.83. The normalized spacial score (nSPS) is 12.3. The number of pyridine rings is 1. The molecule has 0 spiro atoms. The maximum absolute atomic E-state index is 13.8. The number of halogens is 2. The van der Waals surface area contributed by atoms with Gasteiger partial charge in [0.15, 0.2) is 0 Å². The van der Waals surface area contributed by atoms with E-state index in [0.717, 1.165) is 16.6 Å². The van der Waals surface area contributed by atoms with Gasteiger partial charge in [0.2, 0.25) is 5.91 Å². The number of aromatic amines is 1. The van der Waals surface area contributed by atoms with Gasteiger partial charge in [0.05, 0.1) is 5.69 Å². The number of benzene rings is 1. The lowest BCUT2D eigenvalue weighted by Gasteiger charge is -2.15. The van der Waals surface area contributed by atoms with Crippen molar-refractivity contribution >= 4 is 16.9 Å². The van der Waals surface area contributed by atoms with Crippen LogP contribution in [-0.2, 0) is 24.7 Å². The zero-order chi connectivity index (χ0) is 21.3. The molecule has 1 amide bonds. The van der Waals surface area contributed by atoms with Gasteiger partial charge in [-0.05, 0) is 51.3 Å². The third kappa shape index (κ3) is 4.21. The molecule has 8 heteroatoms. The lowest BCUT2D eigenvalue weighted by Crippen LogP contribution is -2.35. The third-order valence-corrected chi connectivity index (χ3v) is 5.14. The first-order valence-corrected chi connectivity index (χ1v) is 9.46. The second kappa shape index (κ2) is 8.14. The fourth-order valence-corrected chi connectivity index (χ4v) is 3.73. The first-order chi connectivity index (χ1) is 13.7. The number of carbonyl (C=O) groups excluding carboxylic acids is 1. The molecule has 0 bridgehead atoms. The number of carbonyl (C=O) groups is 1. The highest BCUT2D eigenvalue weighted by atomic mass is 19.1. The topological polar surface area (TPSA) is 79.8 Å². The molecule has 0 saturated heterocycles. The van der Waals surface area contributed by atoms with Crippen molar-refractivity contribution in [3.8, 4) is 0 Å². The molecular weight excluding hydrogens is 378 g/mol. The van der Waals surface area contributed by atoms with Crippen molar-refractivity contribution < 1.29 is 13.6 Å². The number of amides is 1. The minimum absolute atomic E-state index is 0.0463. The average Bonchev–Trinajstić information content (AvgIpc) is 2.91. The van der Waals surface area contributed by atoms with E-state index in [1.165, 1.54) is 18.2 Å². The van der Waals surface area contributed by atoms with Crippen LogP contribution in [-0.4, -0.2) is 26.7 Å². The summed E-state index contributed by atoms with van der Waals surface area (Å²) in [7, 11) is 1.76. The van der Waals surface area contributed by atoms with Gasteiger partial charge in [0.25, 0.3) is 5.56 Å². The molecule has 1 aromatic carbocycles. The summed E-state index contributed by atoms with van der Waals surface area (Å²) in [6, 6.07) is 3.24. The van der Waals surface area contributed by atoms with E-state index in [2.05, 4.69) is 15.4 Å². The number of hydrogen-bond acceptors (Lipinski definition) is 3. The number of hydrogen-bond donors (Lipinski definition) is 2. The molecule has 0 aliphatic rings. The van der Waals surface area contributed by atoms with Crippen LogP contribution in [0.2, 0.25) is 0 Å². The second-order valence-corrected chi connectivity index (χ2v) is 7.36. The van der Waals surface area contributed by atoms with Gasteiger partial charge in [-0.2, -0.15) is 5.10 Å². The number of aryl methyl sites for hydroxylation is 3. The van der Waals surface area contributed by atoms with E-state index in [9.17, 15) is 18.4 Å². The summed E-state index contributed by atoms with van der Waals surface area (Å²) >= 11 is 0. The Balaban J connectivity index is 1.68. The lowest BCUT2D eigenvalue weighted by atomic mass is 10.0. The van der Waals surface area contributed by atoms with E-state index in [1.807, 2.05) is 13.8 Å². The third-order valence-electron chi connectivity index (χ3n) is 5.14. The summed E-state index contributed by atoms with van der Waals surface area (Å²) in [6.45, 7) is 5.41. The summed E-state index contributed by atoms with van der Waals surface area (Å²) in [6.07, 6.45) is 0.404. The van der Waals surface area contributed by atoms with Gasteiger partial charge in [-0.15, -0.1) is 0 Å². The van der Waals surface area contributed by atoms with Crippen LogP contribution in [0.1, 0.15) is 35.7 Å². The Morgan fingerprint density at radius 3 is 2.55 bits per heavy atom. The number of fused-ring (bicyclic) bond motifs is 1. The Hall–Kier alpha value is -3.03. The molecule has 0 fully saturated rings. The fraction of sp³-hybridized carbons (Fsp3) is 0.381. The lowest BCUT2D eigenvalue weighted by molar-refractivity contribution is -0.121. The van der Waals surface area contributed by atoms with E-state index < -0.39 is 17.7 Å². The smallest absolute Gasteiger partial charge is 0.253 e. The molecule has 3 aromatic rings. The average molecular weight is 402 g/mol. The minimum Gasteiger partial charge on any atom is -0.353 e. The van der Waals surface area contributed by atoms with Crippen molar-refractivity contribution in [2.24, 2.45) is 7.05 Å². The standard InChI is InChI=1S/C21H24F2N4O2/c1-11(10-15-16(22)6-5-7-17(15)23)24-18(28)9-8-14-12(2)19-13(3)26-27(4)20(19)25-21(14)29/h5-7,11H,8-10H2,1-4H3,(H,24,28)(H,25,29). The summed E-state index contributed by atoms with van der Waals surface area (Å²) in [5, 5.41) is 7.95. The molecule has 0 saturated carbocycles. The molecule has 2 N–H and O–H groups in total. The Morgan fingerprint density at radius 1 is 1.24 bits per heavy atom. The Bertz CT molecular complexity index is 1110. The molecule has 1 atom stereocenters. The molecular formula is C21H24F2N4O2. The van der Waals surface area contributed by atoms with Crippen LogP contribution in [0.15, 0.2) is 23.0 Å². The van der Waals surface area contributed by atoms with Gasteiger partial charge in [0.1, 0.15) is 17.3 Å². The number of rotatable bonds is 6. The second-order valence-electron chi connectivity index (χ2n) is 7.36. The predicted octanol–water partition coefficient (Wildman–Crippen LogP) is 2.84. The van der Waals surface area contributed by atoms with Crippen LogP contribution in [0.3, 0.4) is 0 Å². The molecule has 3 rings (SSSR count). The first kappa shape index (κ1) is 20.7. The van der Waals surface area contributed by atoms with E-state index >= 15 is 0 Å². The van der Waals surface area contributed by atoms with Crippen LogP contribution in [0.5, 0.6) is 0 Å². The first-order valence-electron chi connectivity index (χ1n) is 9.46. The fourth-order valence-electron chi connectivity index (χ4n) is 3.73. The Morgan fingerprint density at radius 2 is 1.90 bits per heavy atom. The predicted molar refractivity (Wildman–Crippen MR) is 107 cm³/mol. The van der Waals surface area contributed by atoms with Crippen molar-refractivity contribution in [3.63, 3.8) is 0 Å². The number of aromatic nitrogens is 3. The van der Waals surface area contributed by atoms with Crippen LogP contribution < -0.4 is 10.9 Å². The van der Waals surface area contributed by atoms with Crippen molar-refractivity contribution in [1.82, 2.24) is 20.1 Å². The van der Waals surface area contributed by atoms with E-state index in [-0.39, 0.29) is 36.3 Å². The molecule has 29 heavy (non-hydrogen) atoms. The van der Waals surface area contributed by atoms with Gasteiger partial charge in [-0.25, -0.2) is 8.78 Å². The molecule has 0 radical (unpaired) electrons. The van der Waals surface area contributed by atoms with Gasteiger partial charge in [-0.1, -0.05) is 6.07 Å². The number of nitrogens with zero attached hydrogens (tertiary/aromatic N) is 2. The molecule has 154 valence electrons. The van der Waals surface area contributed by atoms with Crippen molar-refractivity contribution in [2.75, 3.05) is 0 Å². The monoisotopic (exact) mass is 402 g/mol. The zero-order valence-electron chi connectivity index (χ0n) is 16.9. The van der Waals surface area contributed by atoms with Crippen LogP contribution in [0.4, 0.5) is 8.78 Å². The number of H-pyrrole nitrogens is 1. The summed E-state index contributed by atoms with van der Waals surface area (Å²) < 4.78 is 29.2. The van der Waals surface area contributed by atoms with E-state index in [4.69, 9.17) is 0 Å². The largest absolute Gasteiger partial charge is 0.353 e. The molecule has 0 aliphatic heterocycles. The van der Waals surface area contributed by atoms with Gasteiger partial charge < -0.3 is 10.3 Å². The van der Waals surface area contributed by atoms with E-state index in [1.54, 1.807) is 18.7 Å². The quantitative estimate of drug-likeness (QED) is 0.665.